The van der Waals surface area contributed by atoms with Crippen molar-refractivity contribution in [2.75, 3.05) is 5.32 Å². The zero-order valence-electron chi connectivity index (χ0n) is 12.6. The molecule has 6 nitrogen and oxygen atoms in total. The van der Waals surface area contributed by atoms with Crippen molar-refractivity contribution in [1.29, 1.82) is 0 Å². The fourth-order valence-electron chi connectivity index (χ4n) is 1.80. The van der Waals surface area contributed by atoms with Crippen LogP contribution in [-0.4, -0.2) is 28.1 Å². The molecule has 1 amide bonds. The van der Waals surface area contributed by atoms with E-state index in [1.807, 2.05) is 0 Å². The van der Waals surface area contributed by atoms with Crippen LogP contribution in [0.1, 0.15) is 12.5 Å². The first-order chi connectivity index (χ1) is 11.3. The number of aromatic hydroxyl groups is 1. The Labute approximate surface area is 148 Å². The summed E-state index contributed by atoms with van der Waals surface area (Å²) < 4.78 is 5.07. The number of carbonyl (C=O) groups excluding carboxylic acids is 2. The van der Waals surface area contributed by atoms with Gasteiger partial charge in [0.15, 0.2) is 11.9 Å². The Morgan fingerprint density at radius 1 is 1.29 bits per heavy atom. The lowest BCUT2D eigenvalue weighted by atomic mass is 10.1. The topological polar surface area (TPSA) is 88.5 Å². The normalized spacial score (nSPS) is 11.6. The minimum atomic E-state index is -1.02. The van der Waals surface area contributed by atoms with Gasteiger partial charge >= 0.3 is 5.97 Å². The lowest BCUT2D eigenvalue weighted by Gasteiger charge is -2.14. The van der Waals surface area contributed by atoms with Gasteiger partial charge in [0.1, 0.15) is 5.75 Å². The molecule has 0 aliphatic rings. The maximum absolute atomic E-state index is 12.0. The Morgan fingerprint density at radius 3 is 2.58 bits per heavy atom. The van der Waals surface area contributed by atoms with Crippen molar-refractivity contribution in [3.8, 4) is 5.75 Å². The molecule has 0 saturated carbocycles. The van der Waals surface area contributed by atoms with Gasteiger partial charge in [0.25, 0.3) is 5.91 Å². The van der Waals surface area contributed by atoms with Crippen molar-refractivity contribution in [3.63, 3.8) is 0 Å². The minimum absolute atomic E-state index is 0.0160. The van der Waals surface area contributed by atoms with Crippen molar-refractivity contribution < 1.29 is 19.4 Å². The summed E-state index contributed by atoms with van der Waals surface area (Å²) in [4.78, 5) is 27.8. The first-order valence-electron chi connectivity index (χ1n) is 6.94. The van der Waals surface area contributed by atoms with Crippen LogP contribution in [0.3, 0.4) is 0 Å². The number of phenolic OH excluding ortho intramolecular Hbond substituents is 1. The van der Waals surface area contributed by atoms with Crippen LogP contribution in [0.4, 0.5) is 5.82 Å². The van der Waals surface area contributed by atoms with Crippen LogP contribution in [-0.2, 0) is 20.7 Å². The van der Waals surface area contributed by atoms with Crippen LogP contribution < -0.4 is 5.32 Å². The van der Waals surface area contributed by atoms with E-state index in [0.29, 0.717) is 10.6 Å². The van der Waals surface area contributed by atoms with E-state index in [9.17, 15) is 14.7 Å². The van der Waals surface area contributed by atoms with Gasteiger partial charge in [0.05, 0.1) is 16.5 Å². The number of carbonyl (C=O) groups is 2. The van der Waals surface area contributed by atoms with Crippen LogP contribution in [0.25, 0.3) is 0 Å². The second-order valence-corrected chi connectivity index (χ2v) is 5.79. The Bertz CT molecular complexity index is 750. The van der Waals surface area contributed by atoms with Crippen molar-refractivity contribution >= 4 is 40.9 Å². The van der Waals surface area contributed by atoms with E-state index in [1.165, 1.54) is 31.3 Å². The Balaban J connectivity index is 1.90. The van der Waals surface area contributed by atoms with Gasteiger partial charge < -0.3 is 15.2 Å². The number of halogens is 2. The van der Waals surface area contributed by atoms with Crippen molar-refractivity contribution in [2.45, 2.75) is 19.4 Å². The first kappa shape index (κ1) is 18.0. The number of phenols is 1. The predicted molar refractivity (Wildman–Crippen MR) is 90.3 cm³/mol. The molecule has 0 saturated heterocycles. The third-order valence-electron chi connectivity index (χ3n) is 3.01. The third kappa shape index (κ3) is 5.11. The van der Waals surface area contributed by atoms with Crippen LogP contribution in [0.5, 0.6) is 5.75 Å². The maximum atomic E-state index is 12.0. The number of nitrogens with zero attached hydrogens (tertiary/aromatic N) is 1. The number of amides is 1. The van der Waals surface area contributed by atoms with Gasteiger partial charge in [-0.1, -0.05) is 35.3 Å². The number of hydrogen-bond donors (Lipinski definition) is 2. The molecule has 0 unspecified atom stereocenters. The number of nitrogens with one attached hydrogen (secondary N) is 1. The molecule has 1 aromatic carbocycles. The number of pyridine rings is 1. The number of aromatic nitrogens is 1. The van der Waals surface area contributed by atoms with Gasteiger partial charge in [-0.15, -0.1) is 0 Å². The summed E-state index contributed by atoms with van der Waals surface area (Å²) in [7, 11) is 0. The number of ether oxygens (including phenoxy) is 1. The predicted octanol–water partition coefficient (Wildman–Crippen LogP) is 3.21. The molecule has 1 atom stereocenters. The number of benzene rings is 1. The van der Waals surface area contributed by atoms with E-state index >= 15 is 0 Å². The monoisotopic (exact) mass is 368 g/mol. The molecule has 2 N–H and O–H groups in total. The van der Waals surface area contributed by atoms with E-state index in [2.05, 4.69) is 10.3 Å². The van der Waals surface area contributed by atoms with Gasteiger partial charge in [-0.25, -0.2) is 4.98 Å². The molecule has 0 radical (unpaired) electrons. The zero-order valence-corrected chi connectivity index (χ0v) is 14.1. The van der Waals surface area contributed by atoms with Crippen LogP contribution in [0.2, 0.25) is 10.0 Å². The lowest BCUT2D eigenvalue weighted by molar-refractivity contribution is -0.152. The number of rotatable bonds is 5. The van der Waals surface area contributed by atoms with Crippen molar-refractivity contribution in [3.05, 3.63) is 52.1 Å². The zero-order chi connectivity index (χ0) is 17.7. The Hall–Kier alpha value is -2.31. The maximum Gasteiger partial charge on any atom is 0.311 e. The molecule has 0 bridgehead atoms. The molecule has 24 heavy (non-hydrogen) atoms. The highest BCUT2D eigenvalue weighted by molar-refractivity contribution is 6.36. The minimum Gasteiger partial charge on any atom is -0.508 e. The number of hydrogen-bond acceptors (Lipinski definition) is 5. The average molecular weight is 369 g/mol. The molecule has 1 aromatic heterocycles. The molecule has 2 rings (SSSR count). The highest BCUT2D eigenvalue weighted by Crippen LogP contribution is 2.22. The summed E-state index contributed by atoms with van der Waals surface area (Å²) in [5.41, 5.74) is 0.660. The molecule has 2 aromatic rings. The van der Waals surface area contributed by atoms with Gasteiger partial charge in [-0.2, -0.15) is 0 Å². The summed E-state index contributed by atoms with van der Waals surface area (Å²) >= 11 is 11.6. The quantitative estimate of drug-likeness (QED) is 0.791. The van der Waals surface area contributed by atoms with Crippen LogP contribution in [0.15, 0.2) is 36.5 Å². The highest BCUT2D eigenvalue weighted by atomic mass is 35.5. The smallest absolute Gasteiger partial charge is 0.311 e. The molecule has 8 heteroatoms. The molecule has 1 heterocycles. The highest BCUT2D eigenvalue weighted by Gasteiger charge is 2.19. The van der Waals surface area contributed by atoms with Crippen LogP contribution >= 0.6 is 23.2 Å². The van der Waals surface area contributed by atoms with E-state index in [1.54, 1.807) is 12.1 Å². The van der Waals surface area contributed by atoms with Crippen LogP contribution in [0, 0.1) is 0 Å². The first-order valence-corrected chi connectivity index (χ1v) is 7.70. The fourth-order valence-corrected chi connectivity index (χ4v) is 2.23. The Morgan fingerprint density at radius 2 is 1.96 bits per heavy atom. The summed E-state index contributed by atoms with van der Waals surface area (Å²) in [5, 5.41) is 12.2. The third-order valence-corrected chi connectivity index (χ3v) is 3.51. The molecule has 0 fully saturated rings. The lowest BCUT2D eigenvalue weighted by Crippen LogP contribution is -2.30. The summed E-state index contributed by atoms with van der Waals surface area (Å²) in [6, 6.07) is 7.56. The average Bonchev–Trinajstić information content (AvgIpc) is 2.52. The second kappa shape index (κ2) is 7.99. The standard InChI is InChI=1S/C16H14Cl2N2O4/c1-9(16(23)20-15-13(18)7-11(17)8-19-15)24-14(22)6-10-2-4-12(21)5-3-10/h2-5,7-9,21H,6H2,1H3,(H,19,20,23)/t9-/m0/s1. The molecular weight excluding hydrogens is 355 g/mol. The number of anilines is 1. The Kier molecular flexibility index (Phi) is 6.00. The largest absolute Gasteiger partial charge is 0.508 e. The molecule has 0 aliphatic carbocycles. The summed E-state index contributed by atoms with van der Waals surface area (Å²) in [6.07, 6.45) is 0.297. The van der Waals surface area contributed by atoms with E-state index in [-0.39, 0.29) is 23.0 Å². The summed E-state index contributed by atoms with van der Waals surface area (Å²) in [5.74, 6) is -0.899. The van der Waals surface area contributed by atoms with Gasteiger partial charge in [-0.05, 0) is 30.7 Å². The molecule has 0 spiro atoms. The van der Waals surface area contributed by atoms with Crippen molar-refractivity contribution in [1.82, 2.24) is 4.98 Å². The SMILES string of the molecule is C[C@H](OC(=O)Cc1ccc(O)cc1)C(=O)Nc1ncc(Cl)cc1Cl. The summed E-state index contributed by atoms with van der Waals surface area (Å²) in [6.45, 7) is 1.44. The van der Waals surface area contributed by atoms with Gasteiger partial charge in [0.2, 0.25) is 0 Å². The second-order valence-electron chi connectivity index (χ2n) is 4.95. The fraction of sp³-hybridized carbons (Fsp3) is 0.188. The van der Waals surface area contributed by atoms with Gasteiger partial charge in [0, 0.05) is 6.20 Å². The molecular formula is C16H14Cl2N2O4. The van der Waals surface area contributed by atoms with E-state index in [0.717, 1.165) is 0 Å². The van der Waals surface area contributed by atoms with E-state index in [4.69, 9.17) is 27.9 Å². The molecule has 0 aliphatic heterocycles. The van der Waals surface area contributed by atoms with E-state index < -0.39 is 18.0 Å². The van der Waals surface area contributed by atoms with Crippen molar-refractivity contribution in [2.24, 2.45) is 0 Å². The molecule has 126 valence electrons. The number of esters is 1. The van der Waals surface area contributed by atoms with Gasteiger partial charge in [-0.3, -0.25) is 9.59 Å².